The largest absolute Gasteiger partial charge is 0.493 e. The van der Waals surface area contributed by atoms with Gasteiger partial charge >= 0.3 is 5.97 Å². The van der Waals surface area contributed by atoms with Gasteiger partial charge in [0.2, 0.25) is 0 Å². The maximum atomic E-state index is 12.4. The number of ketones is 1. The fourth-order valence-electron chi connectivity index (χ4n) is 2.62. The van der Waals surface area contributed by atoms with Crippen LogP contribution in [0.5, 0.6) is 17.2 Å². The fourth-order valence-corrected chi connectivity index (χ4v) is 2.62. The quantitative estimate of drug-likeness (QED) is 0.594. The van der Waals surface area contributed by atoms with Crippen molar-refractivity contribution in [2.24, 2.45) is 0 Å². The van der Waals surface area contributed by atoms with Gasteiger partial charge in [-0.05, 0) is 42.0 Å². The van der Waals surface area contributed by atoms with Gasteiger partial charge in [-0.25, -0.2) is 4.79 Å². The number of rotatable bonds is 6. The summed E-state index contributed by atoms with van der Waals surface area (Å²) in [7, 11) is 2.77. The first-order valence-electron chi connectivity index (χ1n) is 7.80. The molecule has 0 unspecified atom stereocenters. The van der Waals surface area contributed by atoms with Gasteiger partial charge in [-0.3, -0.25) is 4.79 Å². The molecule has 25 heavy (non-hydrogen) atoms. The molecular formula is C19H18O6. The minimum Gasteiger partial charge on any atom is -0.493 e. The summed E-state index contributed by atoms with van der Waals surface area (Å²) in [6.45, 7) is 0.515. The molecule has 0 fully saturated rings. The fraction of sp³-hybridized carbons (Fsp3) is 0.263. The Balaban J connectivity index is 1.70. The lowest BCUT2D eigenvalue weighted by atomic mass is 10.1. The van der Waals surface area contributed by atoms with E-state index >= 15 is 0 Å². The van der Waals surface area contributed by atoms with E-state index in [1.165, 1.54) is 20.3 Å². The summed E-state index contributed by atoms with van der Waals surface area (Å²) >= 11 is 0. The third-order valence-corrected chi connectivity index (χ3v) is 3.95. The van der Waals surface area contributed by atoms with E-state index in [9.17, 15) is 9.59 Å². The standard InChI is InChI=1S/C19H18O6/c1-22-18-10-14(19(21)23-2)4-6-17(18)25-11-15(20)12-3-5-16-13(9-12)7-8-24-16/h3-6,9-10H,7-8,11H2,1-2H3. The van der Waals surface area contributed by atoms with E-state index in [0.717, 1.165) is 17.7 Å². The van der Waals surface area contributed by atoms with Gasteiger partial charge in [0.05, 0.1) is 26.4 Å². The van der Waals surface area contributed by atoms with Gasteiger partial charge < -0.3 is 18.9 Å². The Morgan fingerprint density at radius 3 is 2.60 bits per heavy atom. The van der Waals surface area contributed by atoms with Gasteiger partial charge in [-0.15, -0.1) is 0 Å². The first-order chi connectivity index (χ1) is 12.1. The topological polar surface area (TPSA) is 71.1 Å². The Kier molecular flexibility index (Phi) is 4.88. The Labute approximate surface area is 145 Å². The van der Waals surface area contributed by atoms with Crippen LogP contribution in [0.15, 0.2) is 36.4 Å². The summed E-state index contributed by atoms with van der Waals surface area (Å²) in [6.07, 6.45) is 0.806. The van der Waals surface area contributed by atoms with Crippen LogP contribution in [0.2, 0.25) is 0 Å². The summed E-state index contributed by atoms with van der Waals surface area (Å²) < 4.78 is 20.9. The lowest BCUT2D eigenvalue weighted by Gasteiger charge is -2.11. The second-order valence-corrected chi connectivity index (χ2v) is 5.49. The van der Waals surface area contributed by atoms with Crippen molar-refractivity contribution < 1.29 is 28.5 Å². The van der Waals surface area contributed by atoms with Crippen molar-refractivity contribution in [3.8, 4) is 17.2 Å². The number of hydrogen-bond acceptors (Lipinski definition) is 6. The zero-order chi connectivity index (χ0) is 17.8. The van der Waals surface area contributed by atoms with Gasteiger partial charge in [-0.2, -0.15) is 0 Å². The van der Waals surface area contributed by atoms with Gasteiger partial charge in [0.15, 0.2) is 23.9 Å². The highest BCUT2D eigenvalue weighted by Crippen LogP contribution is 2.29. The summed E-state index contributed by atoms with van der Waals surface area (Å²) in [4.78, 5) is 23.9. The molecule has 1 aliphatic rings. The number of benzene rings is 2. The highest BCUT2D eigenvalue weighted by molar-refractivity contribution is 5.97. The van der Waals surface area contributed by atoms with Gasteiger partial charge in [0, 0.05) is 12.0 Å². The van der Waals surface area contributed by atoms with E-state index in [4.69, 9.17) is 14.2 Å². The average Bonchev–Trinajstić information content (AvgIpc) is 3.13. The third-order valence-electron chi connectivity index (χ3n) is 3.95. The molecule has 0 aliphatic carbocycles. The van der Waals surface area contributed by atoms with Crippen LogP contribution in [0.4, 0.5) is 0 Å². The molecule has 2 aromatic rings. The normalized spacial score (nSPS) is 12.1. The van der Waals surface area contributed by atoms with Crippen molar-refractivity contribution in [3.63, 3.8) is 0 Å². The average molecular weight is 342 g/mol. The van der Waals surface area contributed by atoms with Crippen molar-refractivity contribution in [3.05, 3.63) is 53.1 Å². The first-order valence-corrected chi connectivity index (χ1v) is 7.80. The van der Waals surface area contributed by atoms with Crippen LogP contribution in [0.1, 0.15) is 26.3 Å². The molecule has 0 bridgehead atoms. The smallest absolute Gasteiger partial charge is 0.337 e. The molecule has 6 nitrogen and oxygen atoms in total. The molecule has 0 saturated heterocycles. The number of carbonyl (C=O) groups excluding carboxylic acids is 2. The predicted octanol–water partition coefficient (Wildman–Crippen LogP) is 2.68. The van der Waals surface area contributed by atoms with Gasteiger partial charge in [0.1, 0.15) is 5.75 Å². The number of fused-ring (bicyclic) bond motifs is 1. The van der Waals surface area contributed by atoms with Crippen LogP contribution < -0.4 is 14.2 Å². The van der Waals surface area contributed by atoms with Crippen molar-refractivity contribution in [2.75, 3.05) is 27.4 Å². The van der Waals surface area contributed by atoms with E-state index in [1.54, 1.807) is 24.3 Å². The maximum absolute atomic E-state index is 12.4. The molecule has 1 aliphatic heterocycles. The molecule has 1 heterocycles. The Bertz CT molecular complexity index is 812. The number of methoxy groups -OCH3 is 2. The van der Waals surface area contributed by atoms with Crippen molar-refractivity contribution in [2.45, 2.75) is 6.42 Å². The number of ether oxygens (including phenoxy) is 4. The molecule has 6 heteroatoms. The molecule has 0 radical (unpaired) electrons. The van der Waals surface area contributed by atoms with Crippen LogP contribution in [-0.4, -0.2) is 39.2 Å². The second kappa shape index (κ2) is 7.25. The van der Waals surface area contributed by atoms with Crippen LogP contribution in [0, 0.1) is 0 Å². The number of hydrogen-bond donors (Lipinski definition) is 0. The lowest BCUT2D eigenvalue weighted by molar-refractivity contribution is 0.0600. The van der Waals surface area contributed by atoms with Gasteiger partial charge in [0.25, 0.3) is 0 Å². The van der Waals surface area contributed by atoms with Gasteiger partial charge in [-0.1, -0.05) is 0 Å². The van der Waals surface area contributed by atoms with E-state index in [2.05, 4.69) is 4.74 Å². The number of esters is 1. The van der Waals surface area contributed by atoms with Crippen molar-refractivity contribution >= 4 is 11.8 Å². The first kappa shape index (κ1) is 16.8. The molecule has 2 aromatic carbocycles. The molecule has 0 spiro atoms. The molecule has 0 amide bonds. The van der Waals surface area contributed by atoms with Crippen LogP contribution in [0.25, 0.3) is 0 Å². The molecule has 0 N–H and O–H groups in total. The van der Waals surface area contributed by atoms with Crippen LogP contribution in [0.3, 0.4) is 0 Å². The summed E-state index contributed by atoms with van der Waals surface area (Å²) in [5.74, 6) is 0.957. The number of Topliss-reactive ketones (excluding diaryl/α,β-unsaturated/α-hetero) is 1. The monoisotopic (exact) mass is 342 g/mol. The summed E-state index contributed by atoms with van der Waals surface area (Å²) in [5.41, 5.74) is 1.96. The number of carbonyl (C=O) groups is 2. The zero-order valence-corrected chi connectivity index (χ0v) is 14.0. The molecule has 0 saturated carbocycles. The third kappa shape index (κ3) is 3.57. The Hall–Kier alpha value is -3.02. The van der Waals surface area contributed by atoms with E-state index in [0.29, 0.717) is 29.2 Å². The van der Waals surface area contributed by atoms with Crippen molar-refractivity contribution in [1.29, 1.82) is 0 Å². The molecule has 3 rings (SSSR count). The zero-order valence-electron chi connectivity index (χ0n) is 14.0. The predicted molar refractivity (Wildman–Crippen MR) is 89.8 cm³/mol. The molecule has 0 atom stereocenters. The lowest BCUT2D eigenvalue weighted by Crippen LogP contribution is -2.12. The highest BCUT2D eigenvalue weighted by Gasteiger charge is 2.17. The maximum Gasteiger partial charge on any atom is 0.337 e. The van der Waals surface area contributed by atoms with E-state index in [-0.39, 0.29) is 12.4 Å². The SMILES string of the molecule is COC(=O)c1ccc(OCC(=O)c2ccc3c(c2)CCO3)c(OC)c1. The minimum atomic E-state index is -0.471. The van der Waals surface area contributed by atoms with Crippen molar-refractivity contribution in [1.82, 2.24) is 0 Å². The summed E-state index contributed by atoms with van der Waals surface area (Å²) in [6, 6.07) is 10.0. The Morgan fingerprint density at radius 1 is 1.04 bits per heavy atom. The van der Waals surface area contributed by atoms with E-state index in [1.807, 2.05) is 6.07 Å². The van der Waals surface area contributed by atoms with Crippen LogP contribution in [-0.2, 0) is 11.2 Å². The minimum absolute atomic E-state index is 0.131. The van der Waals surface area contributed by atoms with Crippen LogP contribution >= 0.6 is 0 Å². The summed E-state index contributed by atoms with van der Waals surface area (Å²) in [5, 5.41) is 0. The molecule has 0 aromatic heterocycles. The Morgan fingerprint density at radius 2 is 1.84 bits per heavy atom. The molecular weight excluding hydrogens is 324 g/mol. The van der Waals surface area contributed by atoms with E-state index < -0.39 is 5.97 Å². The highest BCUT2D eigenvalue weighted by atomic mass is 16.5. The second-order valence-electron chi connectivity index (χ2n) is 5.49. The molecule has 130 valence electrons.